The average Bonchev–Trinajstić information content (AvgIpc) is 3.35. The molecule has 39 heavy (non-hydrogen) atoms. The number of carbonyl (C=O) groups is 4. The van der Waals surface area contributed by atoms with E-state index in [1.165, 1.54) is 9.80 Å². The van der Waals surface area contributed by atoms with Crippen LogP contribution in [0.5, 0.6) is 0 Å². The molecule has 0 radical (unpaired) electrons. The highest BCUT2D eigenvalue weighted by molar-refractivity contribution is 8.18. The summed E-state index contributed by atoms with van der Waals surface area (Å²) in [5, 5.41) is 0.174. The maximum Gasteiger partial charge on any atom is 0.294 e. The minimum atomic E-state index is -0.418. The molecule has 3 aliphatic rings. The molecule has 0 aromatic heterocycles. The number of hydrogen-bond acceptors (Lipinski definition) is 7. The topological polar surface area (TPSA) is 78.0 Å². The first kappa shape index (κ1) is 28.0. The fourth-order valence-corrected chi connectivity index (χ4v) is 6.82. The van der Waals surface area contributed by atoms with E-state index >= 15 is 0 Å². The van der Waals surface area contributed by atoms with Gasteiger partial charge in [-0.1, -0.05) is 78.9 Å². The van der Waals surface area contributed by atoms with Crippen LogP contribution in [-0.4, -0.2) is 56.4 Å². The SMILES string of the molecule is O=C1SC(=Cc2ccccc2Cl)C(=O)N1CN(CN1C(=O)SC(=Cc2ccccc2Cl)C1=O)C1CCCCC1. The van der Waals surface area contributed by atoms with E-state index in [0.29, 0.717) is 21.2 Å². The van der Waals surface area contributed by atoms with E-state index in [-0.39, 0.29) is 29.2 Å². The lowest BCUT2D eigenvalue weighted by atomic mass is 9.94. The molecule has 202 valence electrons. The third kappa shape index (κ3) is 6.28. The Bertz CT molecular complexity index is 1290. The lowest BCUT2D eigenvalue weighted by Crippen LogP contribution is -2.51. The van der Waals surface area contributed by atoms with Gasteiger partial charge in [0, 0.05) is 16.1 Å². The summed E-state index contributed by atoms with van der Waals surface area (Å²) in [6, 6.07) is 14.2. The second kappa shape index (κ2) is 12.3. The van der Waals surface area contributed by atoms with E-state index in [1.54, 1.807) is 48.6 Å². The zero-order valence-electron chi connectivity index (χ0n) is 20.8. The number of carbonyl (C=O) groups excluding carboxylic acids is 4. The van der Waals surface area contributed by atoms with Gasteiger partial charge in [-0.2, -0.15) is 0 Å². The first-order chi connectivity index (χ1) is 18.8. The van der Waals surface area contributed by atoms with E-state index in [4.69, 9.17) is 23.2 Å². The van der Waals surface area contributed by atoms with Crippen molar-refractivity contribution in [3.05, 3.63) is 79.5 Å². The first-order valence-electron chi connectivity index (χ1n) is 12.6. The normalized spacial score (nSPS) is 20.9. The molecular weight excluding hydrogens is 577 g/mol. The van der Waals surface area contributed by atoms with Gasteiger partial charge in [0.1, 0.15) is 0 Å². The summed E-state index contributed by atoms with van der Waals surface area (Å²) in [6.45, 7) is -0.0268. The van der Waals surface area contributed by atoms with E-state index in [1.807, 2.05) is 17.0 Å². The molecule has 0 unspecified atom stereocenters. The van der Waals surface area contributed by atoms with Gasteiger partial charge in [-0.3, -0.25) is 33.9 Å². The molecule has 0 atom stereocenters. The second-order valence-electron chi connectivity index (χ2n) is 9.43. The number of hydrogen-bond donors (Lipinski definition) is 0. The highest BCUT2D eigenvalue weighted by Gasteiger charge is 2.41. The van der Waals surface area contributed by atoms with E-state index in [0.717, 1.165) is 55.6 Å². The van der Waals surface area contributed by atoms with E-state index < -0.39 is 22.3 Å². The van der Waals surface area contributed by atoms with Crippen molar-refractivity contribution in [2.75, 3.05) is 13.3 Å². The van der Waals surface area contributed by atoms with Crippen molar-refractivity contribution in [3.8, 4) is 0 Å². The zero-order valence-corrected chi connectivity index (χ0v) is 24.0. The predicted octanol–water partition coefficient (Wildman–Crippen LogP) is 7.32. The molecule has 5 rings (SSSR count). The standard InChI is InChI=1S/C28H25Cl2N3O4S2/c29-21-12-6-4-8-18(21)14-23-25(34)32(27(36)38-23)16-31(20-10-2-1-3-11-20)17-33-26(35)24(39-28(33)37)15-19-9-5-7-13-22(19)30/h4-9,12-15,20H,1-3,10-11,16-17H2. The van der Waals surface area contributed by atoms with Crippen molar-refractivity contribution in [1.29, 1.82) is 0 Å². The van der Waals surface area contributed by atoms with Crippen LogP contribution >= 0.6 is 46.7 Å². The van der Waals surface area contributed by atoms with Crippen molar-refractivity contribution in [1.82, 2.24) is 14.7 Å². The third-order valence-electron chi connectivity index (χ3n) is 6.87. The molecule has 4 amide bonds. The zero-order chi connectivity index (χ0) is 27.5. The summed E-state index contributed by atoms with van der Waals surface area (Å²) in [5.41, 5.74) is 1.30. The van der Waals surface area contributed by atoms with Gasteiger partial charge in [-0.15, -0.1) is 0 Å². The van der Waals surface area contributed by atoms with Gasteiger partial charge < -0.3 is 0 Å². The molecule has 0 N–H and O–H groups in total. The molecule has 1 saturated carbocycles. The van der Waals surface area contributed by atoms with Gasteiger partial charge in [0.25, 0.3) is 22.3 Å². The summed E-state index contributed by atoms with van der Waals surface area (Å²) in [5.74, 6) is -0.836. The summed E-state index contributed by atoms with van der Waals surface area (Å²) in [4.78, 5) is 57.3. The molecule has 0 bridgehead atoms. The third-order valence-corrected chi connectivity index (χ3v) is 9.37. The highest BCUT2D eigenvalue weighted by Crippen LogP contribution is 2.37. The molecule has 2 aliphatic heterocycles. The van der Waals surface area contributed by atoms with Crippen molar-refractivity contribution in [2.45, 2.75) is 38.1 Å². The lowest BCUT2D eigenvalue weighted by molar-refractivity contribution is -0.127. The Morgan fingerprint density at radius 3 is 1.59 bits per heavy atom. The Balaban J connectivity index is 1.36. The Morgan fingerprint density at radius 2 is 1.15 bits per heavy atom. The minimum absolute atomic E-state index is 0.0134. The van der Waals surface area contributed by atoms with Crippen molar-refractivity contribution >= 4 is 81.2 Å². The Hall–Kier alpha value is -2.56. The number of imide groups is 2. The number of rotatable bonds is 7. The predicted molar refractivity (Wildman–Crippen MR) is 157 cm³/mol. The van der Waals surface area contributed by atoms with Crippen LogP contribution in [0.15, 0.2) is 58.3 Å². The Morgan fingerprint density at radius 1 is 0.718 bits per heavy atom. The monoisotopic (exact) mass is 601 g/mol. The summed E-state index contributed by atoms with van der Waals surface area (Å²) < 4.78 is 0. The molecule has 2 saturated heterocycles. The lowest BCUT2D eigenvalue weighted by Gasteiger charge is -2.37. The van der Waals surface area contributed by atoms with Crippen molar-refractivity contribution in [3.63, 3.8) is 0 Å². The number of thioether (sulfide) groups is 2. The van der Waals surface area contributed by atoms with Crippen LogP contribution in [-0.2, 0) is 9.59 Å². The van der Waals surface area contributed by atoms with Crippen LogP contribution in [0.25, 0.3) is 12.2 Å². The summed E-state index contributed by atoms with van der Waals surface area (Å²) >= 11 is 14.2. The molecule has 3 fully saturated rings. The van der Waals surface area contributed by atoms with Gasteiger partial charge in [-0.05, 0) is 71.8 Å². The largest absolute Gasteiger partial charge is 0.294 e. The first-order valence-corrected chi connectivity index (χ1v) is 14.9. The number of amides is 4. The fourth-order valence-electron chi connectivity index (χ4n) is 4.80. The van der Waals surface area contributed by atoms with Gasteiger partial charge in [0.15, 0.2) is 0 Å². The van der Waals surface area contributed by atoms with Crippen molar-refractivity contribution in [2.24, 2.45) is 0 Å². The molecular formula is C28H25Cl2N3O4S2. The van der Waals surface area contributed by atoms with Gasteiger partial charge in [0.05, 0.1) is 23.1 Å². The molecule has 2 aromatic carbocycles. The van der Waals surface area contributed by atoms with Crippen LogP contribution in [0.2, 0.25) is 10.0 Å². The van der Waals surface area contributed by atoms with Crippen LogP contribution in [0.3, 0.4) is 0 Å². The van der Waals surface area contributed by atoms with E-state index in [9.17, 15) is 19.2 Å². The molecule has 2 heterocycles. The van der Waals surface area contributed by atoms with Crippen LogP contribution in [0, 0.1) is 0 Å². The quantitative estimate of drug-likeness (QED) is 0.308. The summed E-state index contributed by atoms with van der Waals surface area (Å²) in [6.07, 6.45) is 8.07. The van der Waals surface area contributed by atoms with Gasteiger partial charge in [0.2, 0.25) is 0 Å². The Kier molecular flexibility index (Phi) is 8.83. The van der Waals surface area contributed by atoms with Crippen LogP contribution < -0.4 is 0 Å². The molecule has 1 aliphatic carbocycles. The van der Waals surface area contributed by atoms with Gasteiger partial charge in [-0.25, -0.2) is 0 Å². The van der Waals surface area contributed by atoms with Crippen LogP contribution in [0.4, 0.5) is 9.59 Å². The second-order valence-corrected chi connectivity index (χ2v) is 12.2. The maximum atomic E-state index is 13.3. The fraction of sp³-hybridized carbons (Fsp3) is 0.286. The Labute approximate surface area is 245 Å². The maximum absolute atomic E-state index is 13.3. The molecule has 11 heteroatoms. The van der Waals surface area contributed by atoms with E-state index in [2.05, 4.69) is 0 Å². The molecule has 0 spiro atoms. The molecule has 2 aromatic rings. The molecule has 7 nitrogen and oxygen atoms in total. The minimum Gasteiger partial charge on any atom is -0.268 e. The smallest absolute Gasteiger partial charge is 0.268 e. The number of benzene rings is 2. The van der Waals surface area contributed by atoms with Crippen molar-refractivity contribution < 1.29 is 19.2 Å². The highest BCUT2D eigenvalue weighted by atomic mass is 35.5. The number of halogens is 2. The summed E-state index contributed by atoms with van der Waals surface area (Å²) in [7, 11) is 0. The number of nitrogens with zero attached hydrogens (tertiary/aromatic N) is 3. The van der Waals surface area contributed by atoms with Crippen LogP contribution in [0.1, 0.15) is 43.2 Å². The van der Waals surface area contributed by atoms with Gasteiger partial charge >= 0.3 is 0 Å². The average molecular weight is 603 g/mol.